The maximum atomic E-state index is 5.16. The van der Waals surface area contributed by atoms with E-state index in [-0.39, 0.29) is 0 Å². The third kappa shape index (κ3) is 3.74. The Balaban J connectivity index is 0.000000921. The Morgan fingerprint density at radius 2 is 2.07 bits per heavy atom. The summed E-state index contributed by atoms with van der Waals surface area (Å²) in [5.74, 6) is 0.812. The topological polar surface area (TPSA) is 26.0 Å². The van der Waals surface area contributed by atoms with Crippen LogP contribution in [0, 0.1) is 6.92 Å². The summed E-state index contributed by atoms with van der Waals surface area (Å²) >= 11 is 0. The van der Waals surface area contributed by atoms with Crippen molar-refractivity contribution >= 4 is 12.2 Å². The Hall–Kier alpha value is -1.31. The van der Waals surface area contributed by atoms with E-state index in [4.69, 9.17) is 4.52 Å². The summed E-state index contributed by atoms with van der Waals surface area (Å²) < 4.78 is 5.16. The summed E-state index contributed by atoms with van der Waals surface area (Å²) in [6, 6.07) is 0. The molecule has 0 spiro atoms. The normalized spacial score (nSPS) is 10.6. The number of aryl methyl sites for hydroxylation is 1. The van der Waals surface area contributed by atoms with Crippen LogP contribution >= 0.6 is 0 Å². The fourth-order valence-corrected chi connectivity index (χ4v) is 1.07. The van der Waals surface area contributed by atoms with Crippen LogP contribution < -0.4 is 0 Å². The molecule has 0 N–H and O–H groups in total. The molecule has 1 rings (SSSR count). The zero-order chi connectivity index (χ0) is 11.8. The predicted molar refractivity (Wildman–Crippen MR) is 66.6 cm³/mol. The molecule has 0 saturated carbocycles. The fourth-order valence-electron chi connectivity index (χ4n) is 1.07. The molecule has 0 aromatic carbocycles. The van der Waals surface area contributed by atoms with Crippen molar-refractivity contribution < 1.29 is 4.52 Å². The molecule has 1 heterocycles. The van der Waals surface area contributed by atoms with Gasteiger partial charge < -0.3 is 4.52 Å². The Bertz CT molecular complexity index is 334. The van der Waals surface area contributed by atoms with E-state index in [2.05, 4.69) is 25.6 Å². The Kier molecular flexibility index (Phi) is 6.43. The monoisotopic (exact) mass is 207 g/mol. The first-order valence-corrected chi connectivity index (χ1v) is 5.45. The lowest BCUT2D eigenvalue weighted by Crippen LogP contribution is -1.77. The van der Waals surface area contributed by atoms with Crippen molar-refractivity contribution in [3.63, 3.8) is 0 Å². The molecule has 0 fully saturated rings. The molecule has 2 nitrogen and oxygen atoms in total. The van der Waals surface area contributed by atoms with Crippen LogP contribution in [-0.2, 0) is 0 Å². The van der Waals surface area contributed by atoms with E-state index in [9.17, 15) is 0 Å². The van der Waals surface area contributed by atoms with Crippen molar-refractivity contribution in [2.45, 2.75) is 41.0 Å². The summed E-state index contributed by atoms with van der Waals surface area (Å²) in [6.07, 6.45) is 4.81. The highest BCUT2D eigenvalue weighted by atomic mass is 16.5. The van der Waals surface area contributed by atoms with Gasteiger partial charge in [0.25, 0.3) is 0 Å². The van der Waals surface area contributed by atoms with Gasteiger partial charge in [-0.15, -0.1) is 0 Å². The van der Waals surface area contributed by atoms with Crippen molar-refractivity contribution in [3.8, 4) is 0 Å². The van der Waals surface area contributed by atoms with Crippen LogP contribution in [0.2, 0.25) is 0 Å². The fraction of sp³-hybridized carbons (Fsp3) is 0.462. The van der Waals surface area contributed by atoms with Gasteiger partial charge in [0.05, 0.1) is 5.69 Å². The molecule has 0 bridgehead atoms. The number of rotatable bonds is 3. The number of hydrogen-bond acceptors (Lipinski definition) is 2. The minimum absolute atomic E-state index is 0.812. The van der Waals surface area contributed by atoms with Crippen molar-refractivity contribution in [2.24, 2.45) is 0 Å². The molecule has 1 aromatic heterocycles. The Morgan fingerprint density at radius 3 is 2.53 bits per heavy atom. The molecular weight excluding hydrogens is 186 g/mol. The van der Waals surface area contributed by atoms with Gasteiger partial charge in [0.2, 0.25) is 0 Å². The summed E-state index contributed by atoms with van der Waals surface area (Å²) in [6.45, 7) is 13.8. The lowest BCUT2D eigenvalue weighted by Gasteiger charge is -1.93. The largest absolute Gasteiger partial charge is 0.356 e. The minimum Gasteiger partial charge on any atom is -0.356 e. The highest BCUT2D eigenvalue weighted by Gasteiger charge is 2.06. The number of hydrogen-bond donors (Lipinski definition) is 0. The van der Waals surface area contributed by atoms with Crippen molar-refractivity contribution in [2.75, 3.05) is 0 Å². The molecule has 15 heavy (non-hydrogen) atoms. The smallest absolute Gasteiger partial charge is 0.167 e. The second kappa shape index (κ2) is 7.04. The summed E-state index contributed by atoms with van der Waals surface area (Å²) in [7, 11) is 0. The van der Waals surface area contributed by atoms with Gasteiger partial charge in [0, 0.05) is 5.56 Å². The van der Waals surface area contributed by atoms with E-state index >= 15 is 0 Å². The zero-order valence-electron chi connectivity index (χ0n) is 10.4. The van der Waals surface area contributed by atoms with E-state index in [1.54, 1.807) is 6.08 Å². The molecular formula is C13H21NO. The van der Waals surface area contributed by atoms with Crippen LogP contribution in [0.4, 0.5) is 0 Å². The maximum Gasteiger partial charge on any atom is 0.167 e. The van der Waals surface area contributed by atoms with Crippen LogP contribution in [-0.4, -0.2) is 5.16 Å². The van der Waals surface area contributed by atoms with Gasteiger partial charge in [-0.1, -0.05) is 44.2 Å². The lowest BCUT2D eigenvalue weighted by atomic mass is 10.1. The second-order valence-electron chi connectivity index (χ2n) is 3.09. The molecule has 0 radical (unpaired) electrons. The van der Waals surface area contributed by atoms with Gasteiger partial charge in [-0.3, -0.25) is 0 Å². The molecule has 0 amide bonds. The highest BCUT2D eigenvalue weighted by Crippen LogP contribution is 2.18. The summed E-state index contributed by atoms with van der Waals surface area (Å²) in [5.41, 5.74) is 3.16. The van der Waals surface area contributed by atoms with Crippen LogP contribution in [0.5, 0.6) is 0 Å². The van der Waals surface area contributed by atoms with E-state index in [0.717, 1.165) is 23.4 Å². The van der Waals surface area contributed by atoms with Crippen LogP contribution in [0.15, 0.2) is 16.7 Å². The standard InChI is InChI=1S/C11H15NO.C2H6/c1-5-8(3)7-11-10(6-2)9(4)12-13-11;1-2/h6-7H,2,5H2,1,3-4H3;1-2H3/b8-7-;. The van der Waals surface area contributed by atoms with E-state index in [0.29, 0.717) is 0 Å². The van der Waals surface area contributed by atoms with Crippen LogP contribution in [0.3, 0.4) is 0 Å². The van der Waals surface area contributed by atoms with Crippen molar-refractivity contribution in [1.29, 1.82) is 0 Å². The van der Waals surface area contributed by atoms with Crippen LogP contribution in [0.1, 0.15) is 51.1 Å². The maximum absolute atomic E-state index is 5.16. The SMILES string of the molecule is C=Cc1c(C)noc1/C=C(/C)CC.CC. The predicted octanol–water partition coefficient (Wildman–Crippen LogP) is 4.47. The average Bonchev–Trinajstić information content (AvgIpc) is 2.62. The molecule has 1 aromatic rings. The number of aromatic nitrogens is 1. The van der Waals surface area contributed by atoms with Crippen LogP contribution in [0.25, 0.3) is 12.2 Å². The average molecular weight is 207 g/mol. The van der Waals surface area contributed by atoms with Gasteiger partial charge in [0.15, 0.2) is 5.76 Å². The van der Waals surface area contributed by atoms with E-state index < -0.39 is 0 Å². The molecule has 0 saturated heterocycles. The summed E-state index contributed by atoms with van der Waals surface area (Å²) in [4.78, 5) is 0. The highest BCUT2D eigenvalue weighted by molar-refractivity contribution is 5.62. The van der Waals surface area contributed by atoms with Gasteiger partial charge >= 0.3 is 0 Å². The Labute approximate surface area is 92.7 Å². The molecule has 0 aliphatic heterocycles. The van der Waals surface area contributed by atoms with Gasteiger partial charge in [-0.25, -0.2) is 0 Å². The van der Waals surface area contributed by atoms with Gasteiger partial charge in [-0.2, -0.15) is 0 Å². The second-order valence-corrected chi connectivity index (χ2v) is 3.09. The molecule has 84 valence electrons. The number of allylic oxidation sites excluding steroid dienone is 1. The van der Waals surface area contributed by atoms with Crippen molar-refractivity contribution in [1.82, 2.24) is 5.16 Å². The van der Waals surface area contributed by atoms with E-state index in [1.165, 1.54) is 5.57 Å². The van der Waals surface area contributed by atoms with Gasteiger partial charge in [0.1, 0.15) is 0 Å². The Morgan fingerprint density at radius 1 is 1.47 bits per heavy atom. The third-order valence-corrected chi connectivity index (χ3v) is 2.08. The quantitative estimate of drug-likeness (QED) is 0.731. The molecule has 2 heteroatoms. The zero-order valence-corrected chi connectivity index (χ0v) is 10.4. The molecule has 0 aliphatic rings. The van der Waals surface area contributed by atoms with E-state index in [1.807, 2.05) is 26.8 Å². The first-order valence-electron chi connectivity index (χ1n) is 5.45. The summed E-state index contributed by atoms with van der Waals surface area (Å²) in [5, 5.41) is 3.88. The third-order valence-electron chi connectivity index (χ3n) is 2.08. The number of nitrogens with zero attached hydrogens (tertiary/aromatic N) is 1. The molecule has 0 atom stereocenters. The minimum atomic E-state index is 0.812. The lowest BCUT2D eigenvalue weighted by molar-refractivity contribution is 0.407. The molecule has 0 unspecified atom stereocenters. The van der Waals surface area contributed by atoms with Crippen molar-refractivity contribution in [3.05, 3.63) is 29.2 Å². The molecule has 0 aliphatic carbocycles. The van der Waals surface area contributed by atoms with Gasteiger partial charge in [-0.05, 0) is 26.3 Å². The first-order chi connectivity index (χ1) is 7.19. The first kappa shape index (κ1) is 13.7.